The van der Waals surface area contributed by atoms with Gasteiger partial charge in [-0.15, -0.1) is 0 Å². The van der Waals surface area contributed by atoms with E-state index in [0.29, 0.717) is 6.54 Å². The van der Waals surface area contributed by atoms with Gasteiger partial charge in [-0.2, -0.15) is 8.78 Å². The highest BCUT2D eigenvalue weighted by Gasteiger charge is 2.05. The van der Waals surface area contributed by atoms with Gasteiger partial charge in [0.15, 0.2) is 0 Å². The van der Waals surface area contributed by atoms with E-state index in [1.165, 1.54) is 0 Å². The first kappa shape index (κ1) is 12.6. The summed E-state index contributed by atoms with van der Waals surface area (Å²) in [4.78, 5) is 11.1. The van der Waals surface area contributed by atoms with Crippen molar-refractivity contribution < 1.29 is 18.3 Å². The Labute approximate surface area is 92.4 Å². The van der Waals surface area contributed by atoms with Gasteiger partial charge < -0.3 is 10.1 Å². The van der Waals surface area contributed by atoms with Crippen LogP contribution in [0, 0.1) is 6.42 Å². The highest BCUT2D eigenvalue weighted by Crippen LogP contribution is 1.98. The number of amides is 1. The number of nitrogens with one attached hydrogen (secondary N) is 1. The fourth-order valence-corrected chi connectivity index (χ4v) is 1.05. The highest BCUT2D eigenvalue weighted by atomic mass is 19.3. The molecule has 16 heavy (non-hydrogen) atoms. The molecule has 0 aromatic heterocycles. The van der Waals surface area contributed by atoms with Gasteiger partial charge in [0.05, 0.1) is 13.0 Å². The maximum atomic E-state index is 11.6. The van der Waals surface area contributed by atoms with Crippen LogP contribution in [0.25, 0.3) is 0 Å². The van der Waals surface area contributed by atoms with E-state index >= 15 is 0 Å². The summed E-state index contributed by atoms with van der Waals surface area (Å²) in [7, 11) is 0. The summed E-state index contributed by atoms with van der Waals surface area (Å²) < 4.78 is 27.0. The Morgan fingerprint density at radius 1 is 1.38 bits per heavy atom. The first-order valence-corrected chi connectivity index (χ1v) is 4.73. The number of carbonyl (C=O) groups is 1. The van der Waals surface area contributed by atoms with Crippen LogP contribution in [-0.2, 0) is 16.1 Å². The molecule has 0 unspecified atom stereocenters. The van der Waals surface area contributed by atoms with Gasteiger partial charge in [-0.05, 0) is 5.56 Å². The van der Waals surface area contributed by atoms with Crippen molar-refractivity contribution in [2.75, 3.05) is 6.61 Å². The van der Waals surface area contributed by atoms with Gasteiger partial charge in [0.25, 0.3) is 0 Å². The Kier molecular flexibility index (Phi) is 5.42. The van der Waals surface area contributed by atoms with Crippen molar-refractivity contribution in [3.05, 3.63) is 42.3 Å². The van der Waals surface area contributed by atoms with Crippen LogP contribution in [0.1, 0.15) is 5.56 Å². The molecule has 3 nitrogen and oxygen atoms in total. The first-order chi connectivity index (χ1) is 7.68. The number of ether oxygens (including phenoxy) is 1. The monoisotopic (exact) mass is 228 g/mol. The zero-order valence-electron chi connectivity index (χ0n) is 8.53. The number of rotatable bonds is 6. The van der Waals surface area contributed by atoms with E-state index in [9.17, 15) is 13.6 Å². The third-order valence-electron chi connectivity index (χ3n) is 1.80. The van der Waals surface area contributed by atoms with E-state index in [0.717, 1.165) is 12.0 Å². The largest absolute Gasteiger partial charge is 0.352 e. The molecule has 1 N–H and O–H groups in total. The Balaban J connectivity index is 2.16. The van der Waals surface area contributed by atoms with Gasteiger partial charge in [0, 0.05) is 6.54 Å². The summed E-state index contributed by atoms with van der Waals surface area (Å²) in [6.45, 7) is -2.87. The van der Waals surface area contributed by atoms with Crippen LogP contribution in [0.3, 0.4) is 0 Å². The molecule has 1 amide bonds. The predicted molar refractivity (Wildman–Crippen MR) is 54.5 cm³/mol. The lowest BCUT2D eigenvalue weighted by Crippen LogP contribution is -2.24. The lowest BCUT2D eigenvalue weighted by molar-refractivity contribution is -0.130. The number of carbonyl (C=O) groups excluding carboxylic acids is 1. The molecular weight excluding hydrogens is 216 g/mol. The molecule has 0 bridgehead atoms. The third-order valence-corrected chi connectivity index (χ3v) is 1.80. The predicted octanol–water partition coefficient (Wildman–Crippen LogP) is 1.75. The minimum absolute atomic E-state index is 0.366. The molecule has 1 radical (unpaired) electrons. The maximum absolute atomic E-state index is 11.6. The summed E-state index contributed by atoms with van der Waals surface area (Å²) >= 11 is 0. The SMILES string of the molecule is O=C([CH]COC(F)F)NCc1ccccc1. The summed E-state index contributed by atoms with van der Waals surface area (Å²) in [6, 6.07) is 9.29. The zero-order valence-corrected chi connectivity index (χ0v) is 8.53. The molecule has 0 saturated heterocycles. The Morgan fingerprint density at radius 3 is 2.69 bits per heavy atom. The lowest BCUT2D eigenvalue weighted by atomic mass is 10.2. The molecular formula is C11H12F2NO2. The van der Waals surface area contributed by atoms with Crippen molar-refractivity contribution in [2.45, 2.75) is 13.2 Å². The van der Waals surface area contributed by atoms with Gasteiger partial charge in [-0.3, -0.25) is 4.79 Å². The number of hydrogen-bond acceptors (Lipinski definition) is 2. The average molecular weight is 228 g/mol. The Hall–Kier alpha value is -1.49. The van der Waals surface area contributed by atoms with Crippen molar-refractivity contribution in [2.24, 2.45) is 0 Å². The Morgan fingerprint density at radius 2 is 2.06 bits per heavy atom. The fraction of sp³-hybridized carbons (Fsp3) is 0.273. The highest BCUT2D eigenvalue weighted by molar-refractivity contribution is 5.84. The second-order valence-electron chi connectivity index (χ2n) is 3.00. The van der Waals surface area contributed by atoms with Crippen LogP contribution in [0.2, 0.25) is 0 Å². The molecule has 1 aromatic carbocycles. The van der Waals surface area contributed by atoms with E-state index in [-0.39, 0.29) is 0 Å². The summed E-state index contributed by atoms with van der Waals surface area (Å²) in [5.74, 6) is -0.426. The third kappa shape index (κ3) is 5.41. The molecule has 0 saturated carbocycles. The summed E-state index contributed by atoms with van der Waals surface area (Å²) in [5.41, 5.74) is 0.944. The molecule has 0 fully saturated rings. The van der Waals surface area contributed by atoms with E-state index in [2.05, 4.69) is 10.1 Å². The topological polar surface area (TPSA) is 38.3 Å². The molecule has 0 spiro atoms. The Bertz CT molecular complexity index is 317. The zero-order chi connectivity index (χ0) is 11.8. The summed E-state index contributed by atoms with van der Waals surface area (Å²) in [6.07, 6.45) is 1.04. The second-order valence-corrected chi connectivity index (χ2v) is 3.00. The molecule has 0 aliphatic heterocycles. The molecule has 87 valence electrons. The van der Waals surface area contributed by atoms with Gasteiger partial charge in [0.2, 0.25) is 5.91 Å². The van der Waals surface area contributed by atoms with E-state index < -0.39 is 19.1 Å². The van der Waals surface area contributed by atoms with Crippen molar-refractivity contribution in [1.29, 1.82) is 0 Å². The standard InChI is InChI=1S/C11H12F2NO2/c12-11(13)16-7-6-10(15)14-8-9-4-2-1-3-5-9/h1-6,11H,7-8H2,(H,14,15). The van der Waals surface area contributed by atoms with Crippen LogP contribution in [-0.4, -0.2) is 19.1 Å². The van der Waals surface area contributed by atoms with E-state index in [1.807, 2.05) is 30.3 Å². The fourth-order valence-electron chi connectivity index (χ4n) is 1.05. The number of halogens is 2. The average Bonchev–Trinajstić information content (AvgIpc) is 2.27. The first-order valence-electron chi connectivity index (χ1n) is 4.73. The summed E-state index contributed by atoms with van der Waals surface area (Å²) in [5, 5.41) is 2.55. The molecule has 0 atom stereocenters. The van der Waals surface area contributed by atoms with Gasteiger partial charge in [0.1, 0.15) is 0 Å². The van der Waals surface area contributed by atoms with Crippen LogP contribution in [0.15, 0.2) is 30.3 Å². The molecule has 1 aromatic rings. The van der Waals surface area contributed by atoms with Crippen molar-refractivity contribution >= 4 is 5.91 Å². The molecule has 0 aliphatic rings. The number of hydrogen-bond donors (Lipinski definition) is 1. The lowest BCUT2D eigenvalue weighted by Gasteiger charge is -2.05. The van der Waals surface area contributed by atoms with Gasteiger partial charge >= 0.3 is 6.61 Å². The quantitative estimate of drug-likeness (QED) is 0.805. The number of alkyl halides is 2. The van der Waals surface area contributed by atoms with Crippen LogP contribution < -0.4 is 5.32 Å². The van der Waals surface area contributed by atoms with E-state index in [4.69, 9.17) is 0 Å². The molecule has 0 aliphatic carbocycles. The van der Waals surface area contributed by atoms with Crippen LogP contribution >= 0.6 is 0 Å². The minimum atomic E-state index is -2.85. The number of benzene rings is 1. The van der Waals surface area contributed by atoms with Crippen LogP contribution in [0.4, 0.5) is 8.78 Å². The minimum Gasteiger partial charge on any atom is -0.352 e. The maximum Gasteiger partial charge on any atom is 0.345 e. The molecule has 1 rings (SSSR count). The molecule has 0 heterocycles. The van der Waals surface area contributed by atoms with Gasteiger partial charge in [-0.1, -0.05) is 30.3 Å². The van der Waals surface area contributed by atoms with Crippen molar-refractivity contribution in [3.63, 3.8) is 0 Å². The van der Waals surface area contributed by atoms with Crippen molar-refractivity contribution in [3.8, 4) is 0 Å². The van der Waals surface area contributed by atoms with E-state index in [1.54, 1.807) is 0 Å². The molecule has 5 heteroatoms. The van der Waals surface area contributed by atoms with Crippen molar-refractivity contribution in [1.82, 2.24) is 5.32 Å². The van der Waals surface area contributed by atoms with Crippen LogP contribution in [0.5, 0.6) is 0 Å². The van der Waals surface area contributed by atoms with Gasteiger partial charge in [-0.25, -0.2) is 0 Å². The second kappa shape index (κ2) is 6.90. The smallest absolute Gasteiger partial charge is 0.345 e. The normalized spacial score (nSPS) is 10.4.